The summed E-state index contributed by atoms with van der Waals surface area (Å²) in [5, 5.41) is 9.10. The molecule has 5 heteroatoms. The van der Waals surface area contributed by atoms with Crippen LogP contribution in [0.2, 0.25) is 0 Å². The highest BCUT2D eigenvalue weighted by atomic mass is 32.2. The fraction of sp³-hybridized carbons (Fsp3) is 0.417. The molecule has 0 fully saturated rings. The third kappa shape index (κ3) is 2.66. The normalized spacial score (nSPS) is 12.4. The zero-order valence-electron chi connectivity index (χ0n) is 10.1. The van der Waals surface area contributed by atoms with E-state index in [1.54, 1.807) is 32.9 Å². The van der Waals surface area contributed by atoms with Crippen LogP contribution in [0.15, 0.2) is 29.2 Å². The van der Waals surface area contributed by atoms with Crippen LogP contribution in [0, 0.1) is 0 Å². The number of rotatable bonds is 4. The number of aliphatic carboxylic acids is 1. The molecule has 0 aliphatic heterocycles. The van der Waals surface area contributed by atoms with Crippen molar-refractivity contribution in [3.8, 4) is 0 Å². The topological polar surface area (TPSA) is 71.4 Å². The fourth-order valence-corrected chi connectivity index (χ4v) is 2.29. The van der Waals surface area contributed by atoms with Crippen LogP contribution in [0.4, 0.5) is 0 Å². The summed E-state index contributed by atoms with van der Waals surface area (Å²) < 4.78 is 23.4. The van der Waals surface area contributed by atoms with Crippen molar-refractivity contribution in [3.63, 3.8) is 0 Å². The number of hydrogen-bond acceptors (Lipinski definition) is 3. The molecule has 1 rings (SSSR count). The zero-order chi connectivity index (χ0) is 13.3. The molecule has 0 bridgehead atoms. The maximum absolute atomic E-state index is 11.7. The van der Waals surface area contributed by atoms with Gasteiger partial charge in [0.15, 0.2) is 9.84 Å². The summed E-state index contributed by atoms with van der Waals surface area (Å²) in [6.07, 6.45) is 0. The van der Waals surface area contributed by atoms with E-state index in [0.717, 1.165) is 0 Å². The molecule has 0 radical (unpaired) electrons. The van der Waals surface area contributed by atoms with Crippen molar-refractivity contribution in [1.82, 2.24) is 0 Å². The molecule has 1 aromatic carbocycles. The Balaban J connectivity index is 3.33. The predicted octanol–water partition coefficient (Wildman–Crippen LogP) is 1.84. The van der Waals surface area contributed by atoms with Crippen LogP contribution in [0.1, 0.15) is 26.3 Å². The number of sulfone groups is 1. The van der Waals surface area contributed by atoms with Crippen molar-refractivity contribution in [2.24, 2.45) is 0 Å². The molecule has 0 unspecified atom stereocenters. The number of carboxylic acids is 1. The molecule has 0 saturated heterocycles. The summed E-state index contributed by atoms with van der Waals surface area (Å²) in [4.78, 5) is 11.3. The Morgan fingerprint density at radius 1 is 1.35 bits per heavy atom. The van der Waals surface area contributed by atoms with Gasteiger partial charge in [0.1, 0.15) is 0 Å². The van der Waals surface area contributed by atoms with Crippen LogP contribution in [-0.4, -0.2) is 25.2 Å². The van der Waals surface area contributed by atoms with E-state index in [1.165, 1.54) is 12.1 Å². The lowest BCUT2D eigenvalue weighted by Gasteiger charge is -2.20. The molecule has 0 amide bonds. The second-order valence-electron chi connectivity index (χ2n) is 4.36. The van der Waals surface area contributed by atoms with Crippen LogP contribution in [0.3, 0.4) is 0 Å². The fourth-order valence-electron chi connectivity index (χ4n) is 1.37. The molecule has 1 N–H and O–H groups in total. The third-order valence-corrected chi connectivity index (χ3v) is 4.56. The predicted molar refractivity (Wildman–Crippen MR) is 64.8 cm³/mol. The molecular weight excluding hydrogens is 240 g/mol. The van der Waals surface area contributed by atoms with Gasteiger partial charge in [-0.15, -0.1) is 0 Å². The average molecular weight is 256 g/mol. The molecule has 0 heterocycles. The highest BCUT2D eigenvalue weighted by Crippen LogP contribution is 2.25. The van der Waals surface area contributed by atoms with Crippen molar-refractivity contribution in [2.45, 2.75) is 31.1 Å². The van der Waals surface area contributed by atoms with Gasteiger partial charge >= 0.3 is 5.97 Å². The summed E-state index contributed by atoms with van der Waals surface area (Å²) in [7, 11) is -3.30. The van der Waals surface area contributed by atoms with Gasteiger partial charge in [0.25, 0.3) is 0 Å². The molecule has 4 nitrogen and oxygen atoms in total. The number of carboxylic acid groups (broad SMARTS) is 1. The van der Waals surface area contributed by atoms with Gasteiger partial charge in [0, 0.05) is 0 Å². The molecule has 17 heavy (non-hydrogen) atoms. The Bertz CT molecular complexity index is 529. The van der Waals surface area contributed by atoms with E-state index < -0.39 is 21.2 Å². The van der Waals surface area contributed by atoms with Crippen LogP contribution >= 0.6 is 0 Å². The zero-order valence-corrected chi connectivity index (χ0v) is 10.9. The monoisotopic (exact) mass is 256 g/mol. The summed E-state index contributed by atoms with van der Waals surface area (Å²) in [6, 6.07) is 6.12. The maximum Gasteiger partial charge on any atom is 0.313 e. The lowest BCUT2D eigenvalue weighted by atomic mass is 9.85. The van der Waals surface area contributed by atoms with Gasteiger partial charge in [-0.25, -0.2) is 8.42 Å². The lowest BCUT2D eigenvalue weighted by Crippen LogP contribution is -2.28. The molecule has 94 valence electrons. The van der Waals surface area contributed by atoms with Crippen molar-refractivity contribution in [1.29, 1.82) is 0 Å². The van der Waals surface area contributed by atoms with E-state index in [-0.39, 0.29) is 10.6 Å². The van der Waals surface area contributed by atoms with E-state index in [0.29, 0.717) is 5.56 Å². The van der Waals surface area contributed by atoms with E-state index in [4.69, 9.17) is 5.11 Å². The Hall–Kier alpha value is -1.36. The van der Waals surface area contributed by atoms with E-state index >= 15 is 0 Å². The van der Waals surface area contributed by atoms with E-state index in [2.05, 4.69) is 0 Å². The molecule has 0 spiro atoms. The highest BCUT2D eigenvalue weighted by molar-refractivity contribution is 7.91. The van der Waals surface area contributed by atoms with Crippen LogP contribution < -0.4 is 0 Å². The first-order chi connectivity index (χ1) is 7.71. The second-order valence-corrected chi connectivity index (χ2v) is 6.64. The first kappa shape index (κ1) is 13.7. The minimum Gasteiger partial charge on any atom is -0.481 e. The molecule has 0 aromatic heterocycles. The van der Waals surface area contributed by atoms with Crippen molar-refractivity contribution >= 4 is 15.8 Å². The van der Waals surface area contributed by atoms with Gasteiger partial charge in [-0.1, -0.05) is 19.1 Å². The summed E-state index contributed by atoms with van der Waals surface area (Å²) in [6.45, 7) is 4.66. The number of carbonyl (C=O) groups is 1. The maximum atomic E-state index is 11.7. The highest BCUT2D eigenvalue weighted by Gasteiger charge is 2.30. The SMILES string of the molecule is CCS(=O)(=O)c1cccc(C(C)(C)C(=O)O)c1. The summed E-state index contributed by atoms with van der Waals surface area (Å²) in [5.74, 6) is -0.979. The Labute approximate surface area is 101 Å². The van der Waals surface area contributed by atoms with Gasteiger partial charge in [0.05, 0.1) is 16.1 Å². The van der Waals surface area contributed by atoms with E-state index in [1.807, 2.05) is 0 Å². The van der Waals surface area contributed by atoms with Gasteiger partial charge in [-0.2, -0.15) is 0 Å². The lowest BCUT2D eigenvalue weighted by molar-refractivity contribution is -0.142. The standard InChI is InChI=1S/C12H16O4S/c1-4-17(15,16)10-7-5-6-9(8-10)12(2,3)11(13)14/h5-8H,4H2,1-3H3,(H,13,14). The molecule has 1 aromatic rings. The smallest absolute Gasteiger partial charge is 0.313 e. The Kier molecular flexibility index (Phi) is 3.62. The summed E-state index contributed by atoms with van der Waals surface area (Å²) in [5.41, 5.74) is -0.612. The largest absolute Gasteiger partial charge is 0.481 e. The van der Waals surface area contributed by atoms with Gasteiger partial charge < -0.3 is 5.11 Å². The molecular formula is C12H16O4S. The Morgan fingerprint density at radius 2 is 1.94 bits per heavy atom. The van der Waals surface area contributed by atoms with Gasteiger partial charge in [-0.05, 0) is 31.5 Å². The molecule has 0 aliphatic carbocycles. The first-order valence-corrected chi connectivity index (χ1v) is 6.93. The van der Waals surface area contributed by atoms with Crippen LogP contribution in [-0.2, 0) is 20.0 Å². The van der Waals surface area contributed by atoms with Gasteiger partial charge in [-0.3, -0.25) is 4.79 Å². The Morgan fingerprint density at radius 3 is 2.41 bits per heavy atom. The number of hydrogen-bond donors (Lipinski definition) is 1. The summed E-state index contributed by atoms with van der Waals surface area (Å²) >= 11 is 0. The molecule has 0 saturated carbocycles. The third-order valence-electron chi connectivity index (χ3n) is 2.83. The van der Waals surface area contributed by atoms with Gasteiger partial charge in [0.2, 0.25) is 0 Å². The van der Waals surface area contributed by atoms with Crippen molar-refractivity contribution < 1.29 is 18.3 Å². The second kappa shape index (κ2) is 4.49. The molecule has 0 atom stereocenters. The van der Waals surface area contributed by atoms with Crippen LogP contribution in [0.25, 0.3) is 0 Å². The molecule has 0 aliphatic rings. The van der Waals surface area contributed by atoms with Crippen molar-refractivity contribution in [3.05, 3.63) is 29.8 Å². The average Bonchev–Trinajstić information content (AvgIpc) is 2.29. The van der Waals surface area contributed by atoms with Crippen molar-refractivity contribution in [2.75, 3.05) is 5.75 Å². The van der Waals surface area contributed by atoms with Crippen LogP contribution in [0.5, 0.6) is 0 Å². The first-order valence-electron chi connectivity index (χ1n) is 5.28. The van der Waals surface area contributed by atoms with E-state index in [9.17, 15) is 13.2 Å². The minimum atomic E-state index is -3.30. The minimum absolute atomic E-state index is 0.00392. The quantitative estimate of drug-likeness (QED) is 0.892. The number of benzene rings is 1.